The Morgan fingerprint density at radius 2 is 1.03 bits per heavy atom. The molecular formula is C18H12Cl2MgO8. The van der Waals surface area contributed by atoms with Gasteiger partial charge in [-0.25, -0.2) is 0 Å². The van der Waals surface area contributed by atoms with E-state index in [4.69, 9.17) is 33.4 Å². The van der Waals surface area contributed by atoms with Gasteiger partial charge in [-0.1, -0.05) is 0 Å². The van der Waals surface area contributed by atoms with Gasteiger partial charge in [0.05, 0.1) is 23.7 Å². The molecule has 8 nitrogen and oxygen atoms in total. The van der Waals surface area contributed by atoms with Gasteiger partial charge >= 0.3 is 23.1 Å². The number of alkyl halides is 2. The van der Waals surface area contributed by atoms with E-state index in [1.165, 1.54) is 12.1 Å². The van der Waals surface area contributed by atoms with Crippen LogP contribution in [-0.4, -0.2) is 68.5 Å². The van der Waals surface area contributed by atoms with Crippen LogP contribution in [0.25, 0.3) is 0 Å². The molecular weight excluding hydrogens is 439 g/mol. The van der Waals surface area contributed by atoms with Crippen molar-refractivity contribution in [3.63, 3.8) is 0 Å². The number of Topliss-reactive ketones (excluding diaryl/α,β-unsaturated/α-hetero) is 2. The number of carboxylic acids is 2. The summed E-state index contributed by atoms with van der Waals surface area (Å²) >= 11 is 10.6. The normalized spacial score (nSPS) is 9.45. The Morgan fingerprint density at radius 3 is 1.28 bits per heavy atom. The van der Waals surface area contributed by atoms with Crippen LogP contribution in [0.4, 0.5) is 0 Å². The molecule has 0 unspecified atom stereocenters. The Hall–Kier alpha value is -2.33. The van der Waals surface area contributed by atoms with Crippen LogP contribution in [0.3, 0.4) is 0 Å². The van der Waals surface area contributed by atoms with Crippen molar-refractivity contribution in [1.82, 2.24) is 0 Å². The van der Waals surface area contributed by atoms with Gasteiger partial charge in [-0.05, 0) is 36.4 Å². The maximum Gasteiger partial charge on any atom is 2.00 e. The van der Waals surface area contributed by atoms with E-state index in [-0.39, 0.29) is 45.9 Å². The van der Waals surface area contributed by atoms with Gasteiger partial charge in [-0.3, -0.25) is 9.59 Å². The Labute approximate surface area is 190 Å². The van der Waals surface area contributed by atoms with Crippen molar-refractivity contribution in [2.75, 3.05) is 11.8 Å². The fourth-order valence-corrected chi connectivity index (χ4v) is 2.21. The number of carbonyl (C=O) groups excluding carboxylic acids is 4. The summed E-state index contributed by atoms with van der Waals surface area (Å²) in [4.78, 5) is 43.1. The SMILES string of the molecule is O=C(CCl)c1ccc(O)c(C(=O)[O-])c1.O=C(CCl)c1ccc(O)c(C(=O)[O-])c1.[Mg+2]. The summed E-state index contributed by atoms with van der Waals surface area (Å²) in [5.74, 6) is -5.23. The molecule has 0 aromatic heterocycles. The number of carbonyl (C=O) groups is 4. The molecule has 0 atom stereocenters. The fraction of sp³-hybridized carbons (Fsp3) is 0.111. The van der Waals surface area contributed by atoms with E-state index in [0.29, 0.717) is 0 Å². The van der Waals surface area contributed by atoms with E-state index in [9.17, 15) is 29.4 Å². The fourth-order valence-electron chi connectivity index (χ4n) is 1.90. The summed E-state index contributed by atoms with van der Waals surface area (Å²) in [6.45, 7) is 0. The Bertz CT molecular complexity index is 855. The van der Waals surface area contributed by atoms with Crippen LogP contribution in [0.1, 0.15) is 41.4 Å². The number of benzene rings is 2. The summed E-state index contributed by atoms with van der Waals surface area (Å²) in [5.41, 5.74) is -0.559. The van der Waals surface area contributed by atoms with Crippen molar-refractivity contribution in [3.05, 3.63) is 58.7 Å². The van der Waals surface area contributed by atoms with Crippen molar-refractivity contribution in [2.45, 2.75) is 0 Å². The smallest absolute Gasteiger partial charge is 0.545 e. The minimum atomic E-state index is -1.54. The molecule has 148 valence electrons. The molecule has 0 amide bonds. The maximum atomic E-state index is 11.1. The molecule has 0 aliphatic carbocycles. The van der Waals surface area contributed by atoms with Gasteiger partial charge in [-0.15, -0.1) is 23.2 Å². The van der Waals surface area contributed by atoms with Crippen LogP contribution in [0, 0.1) is 0 Å². The second-order valence-corrected chi connectivity index (χ2v) is 5.69. The van der Waals surface area contributed by atoms with E-state index in [1.54, 1.807) is 0 Å². The first-order valence-electron chi connectivity index (χ1n) is 7.39. The third kappa shape index (κ3) is 7.54. The first-order valence-corrected chi connectivity index (χ1v) is 8.46. The minimum absolute atomic E-state index is 0. The number of aromatic carboxylic acids is 2. The Morgan fingerprint density at radius 1 is 0.724 bits per heavy atom. The van der Waals surface area contributed by atoms with Gasteiger partial charge in [-0.2, -0.15) is 0 Å². The van der Waals surface area contributed by atoms with E-state index < -0.39 is 46.1 Å². The standard InChI is InChI=1S/2C9H7ClO4.Mg/c2*10-4-8(12)5-1-2-7(11)6(3-5)9(13)14;/h2*1-3,11H,4H2,(H,13,14);/q;;+2/p-2. The number of rotatable bonds is 6. The van der Waals surface area contributed by atoms with Gasteiger partial charge in [0, 0.05) is 22.3 Å². The van der Waals surface area contributed by atoms with Crippen molar-refractivity contribution in [2.24, 2.45) is 0 Å². The summed E-state index contributed by atoms with van der Waals surface area (Å²) < 4.78 is 0. The molecule has 2 N–H and O–H groups in total. The second-order valence-electron chi connectivity index (χ2n) is 5.15. The van der Waals surface area contributed by atoms with Gasteiger partial charge in [0.2, 0.25) is 0 Å². The molecule has 11 heteroatoms. The van der Waals surface area contributed by atoms with Crippen LogP contribution < -0.4 is 10.2 Å². The molecule has 0 aliphatic heterocycles. The Kier molecular flexibility index (Phi) is 11.3. The molecule has 2 rings (SSSR count). The van der Waals surface area contributed by atoms with E-state index >= 15 is 0 Å². The monoisotopic (exact) mass is 450 g/mol. The zero-order valence-electron chi connectivity index (χ0n) is 14.7. The molecule has 0 bridgehead atoms. The van der Waals surface area contributed by atoms with Gasteiger partial charge in [0.25, 0.3) is 0 Å². The molecule has 2 aromatic carbocycles. The third-order valence-electron chi connectivity index (χ3n) is 3.32. The van der Waals surface area contributed by atoms with Crippen LogP contribution in [0.5, 0.6) is 11.5 Å². The average molecular weight is 451 g/mol. The number of aromatic hydroxyl groups is 2. The summed E-state index contributed by atoms with van der Waals surface area (Å²) in [6.07, 6.45) is 0. The first-order chi connectivity index (χ1) is 13.1. The predicted octanol–water partition coefficient (Wildman–Crippen LogP) is -0.0264. The van der Waals surface area contributed by atoms with Crippen molar-refractivity contribution in [3.8, 4) is 11.5 Å². The second kappa shape index (κ2) is 12.3. The topological polar surface area (TPSA) is 155 Å². The number of hydrogen-bond acceptors (Lipinski definition) is 8. The molecule has 2 aromatic rings. The zero-order chi connectivity index (χ0) is 21.4. The van der Waals surface area contributed by atoms with Gasteiger partial charge in [0.15, 0.2) is 11.6 Å². The van der Waals surface area contributed by atoms with E-state index in [2.05, 4.69) is 0 Å². The van der Waals surface area contributed by atoms with E-state index in [0.717, 1.165) is 24.3 Å². The number of halogens is 2. The molecule has 0 aliphatic rings. The molecule has 0 heterocycles. The maximum absolute atomic E-state index is 11.1. The minimum Gasteiger partial charge on any atom is -0.545 e. The van der Waals surface area contributed by atoms with Crippen molar-refractivity contribution >= 4 is 69.8 Å². The molecule has 29 heavy (non-hydrogen) atoms. The number of phenols is 2. The first kappa shape index (κ1) is 26.7. The molecule has 0 radical (unpaired) electrons. The Balaban J connectivity index is 0.000000523. The quantitative estimate of drug-likeness (QED) is 0.352. The van der Waals surface area contributed by atoms with Crippen LogP contribution >= 0.6 is 23.2 Å². The molecule has 0 spiro atoms. The van der Waals surface area contributed by atoms with Crippen LogP contribution in [-0.2, 0) is 0 Å². The molecule has 0 saturated heterocycles. The number of carboxylic acid groups (broad SMARTS) is 2. The van der Waals surface area contributed by atoms with Crippen LogP contribution in [0.15, 0.2) is 36.4 Å². The van der Waals surface area contributed by atoms with Crippen molar-refractivity contribution < 1.29 is 39.6 Å². The number of ketones is 2. The number of hydrogen-bond donors (Lipinski definition) is 2. The average Bonchev–Trinajstić information content (AvgIpc) is 2.67. The predicted molar refractivity (Wildman–Crippen MR) is 101 cm³/mol. The molecule has 0 fully saturated rings. The third-order valence-corrected chi connectivity index (χ3v) is 3.81. The summed E-state index contributed by atoms with van der Waals surface area (Å²) in [5, 5.41) is 39.1. The van der Waals surface area contributed by atoms with Crippen molar-refractivity contribution in [1.29, 1.82) is 0 Å². The zero-order valence-corrected chi connectivity index (χ0v) is 17.6. The largest absolute Gasteiger partial charge is 2.00 e. The van der Waals surface area contributed by atoms with Gasteiger partial charge < -0.3 is 30.0 Å². The van der Waals surface area contributed by atoms with Crippen LogP contribution in [0.2, 0.25) is 0 Å². The van der Waals surface area contributed by atoms with Gasteiger partial charge in [0.1, 0.15) is 11.5 Å². The summed E-state index contributed by atoms with van der Waals surface area (Å²) in [7, 11) is 0. The summed E-state index contributed by atoms with van der Waals surface area (Å²) in [6, 6.07) is 6.90. The molecule has 0 saturated carbocycles. The van der Waals surface area contributed by atoms with E-state index in [1.807, 2.05) is 0 Å².